The summed E-state index contributed by atoms with van der Waals surface area (Å²) >= 11 is 0. The first kappa shape index (κ1) is 19.3. The zero-order valence-corrected chi connectivity index (χ0v) is 17.6. The van der Waals surface area contributed by atoms with Crippen LogP contribution in [0.3, 0.4) is 0 Å². The molecule has 7 heteroatoms. The van der Waals surface area contributed by atoms with Crippen LogP contribution in [-0.4, -0.2) is 28.7 Å². The predicted octanol–water partition coefficient (Wildman–Crippen LogP) is 4.14. The highest BCUT2D eigenvalue weighted by Gasteiger charge is 2.24. The molecule has 31 heavy (non-hydrogen) atoms. The quantitative estimate of drug-likeness (QED) is 0.339. The van der Waals surface area contributed by atoms with Crippen molar-refractivity contribution in [3.63, 3.8) is 0 Å². The summed E-state index contributed by atoms with van der Waals surface area (Å²) in [5.74, 6) is 1.48. The van der Waals surface area contributed by atoms with Gasteiger partial charge in [-0.15, -0.1) is 0 Å². The molecule has 1 aliphatic heterocycles. The second-order valence-corrected chi connectivity index (χ2v) is 8.03. The first-order valence-electron chi connectivity index (χ1n) is 10.3. The first-order valence-corrected chi connectivity index (χ1v) is 10.3. The number of nitrogens with one attached hydrogen (secondary N) is 4. The lowest BCUT2D eigenvalue weighted by molar-refractivity contribution is 0.415. The van der Waals surface area contributed by atoms with Gasteiger partial charge in [-0.1, -0.05) is 0 Å². The van der Waals surface area contributed by atoms with Gasteiger partial charge in [0.1, 0.15) is 11.4 Å². The zero-order chi connectivity index (χ0) is 21.4. The number of H-pyrrole nitrogens is 2. The first-order chi connectivity index (χ1) is 15.0. The highest BCUT2D eigenvalue weighted by molar-refractivity contribution is 5.97. The fraction of sp³-hybridized carbons (Fsp3) is 0.208. The molecule has 0 saturated heterocycles. The SMILES string of the molecule is COc1ccc2[nH]cc(CCC3(N)C=CNC(Nc4ccc5[nH]c(C)cc5c4)=N3)c2c1. The Morgan fingerprint density at radius 2 is 2.00 bits per heavy atom. The second kappa shape index (κ2) is 7.52. The van der Waals surface area contributed by atoms with Gasteiger partial charge in [0, 0.05) is 45.6 Å². The third-order valence-corrected chi connectivity index (χ3v) is 5.70. The van der Waals surface area contributed by atoms with E-state index >= 15 is 0 Å². The van der Waals surface area contributed by atoms with Gasteiger partial charge in [-0.25, -0.2) is 4.99 Å². The highest BCUT2D eigenvalue weighted by atomic mass is 16.5. The molecule has 0 radical (unpaired) electrons. The van der Waals surface area contributed by atoms with Gasteiger partial charge in [-0.05, 0) is 73.9 Å². The van der Waals surface area contributed by atoms with Crippen LogP contribution in [-0.2, 0) is 6.42 Å². The summed E-state index contributed by atoms with van der Waals surface area (Å²) in [4.78, 5) is 11.4. The Labute approximate surface area is 180 Å². The van der Waals surface area contributed by atoms with Gasteiger partial charge in [0.05, 0.1) is 7.11 Å². The molecule has 4 aromatic rings. The topological polar surface area (TPSA) is 103 Å². The fourth-order valence-corrected chi connectivity index (χ4v) is 4.06. The molecule has 158 valence electrons. The average molecular weight is 415 g/mol. The van der Waals surface area contributed by atoms with Gasteiger partial charge in [-0.3, -0.25) is 0 Å². The molecule has 0 saturated carbocycles. The zero-order valence-electron chi connectivity index (χ0n) is 17.6. The number of benzene rings is 2. The van der Waals surface area contributed by atoms with Gasteiger partial charge in [-0.2, -0.15) is 0 Å². The standard InChI is InChI=1S/C24H26N6O/c1-15-11-17-12-18(3-5-21(17)28-15)29-23-26-10-9-24(25,30-23)8-7-16-14-27-22-6-4-19(31-2)13-20(16)22/h3-6,9-14,27-28H,7-8,25H2,1-2H3,(H2,26,29,30). The van der Waals surface area contributed by atoms with E-state index in [4.69, 9.17) is 15.5 Å². The lowest BCUT2D eigenvalue weighted by Gasteiger charge is -2.26. The average Bonchev–Trinajstić information content (AvgIpc) is 3.33. The number of methoxy groups -OCH3 is 1. The van der Waals surface area contributed by atoms with Crippen LogP contribution in [0.1, 0.15) is 17.7 Å². The Bertz CT molecular complexity index is 1310. The lowest BCUT2D eigenvalue weighted by Crippen LogP contribution is -2.44. The number of rotatable bonds is 5. The molecule has 7 nitrogen and oxygen atoms in total. The predicted molar refractivity (Wildman–Crippen MR) is 126 cm³/mol. The largest absolute Gasteiger partial charge is 0.497 e. The van der Waals surface area contributed by atoms with Crippen LogP contribution in [0.5, 0.6) is 5.75 Å². The van der Waals surface area contributed by atoms with Gasteiger partial charge in [0.25, 0.3) is 0 Å². The van der Waals surface area contributed by atoms with Crippen LogP contribution in [0, 0.1) is 6.92 Å². The van der Waals surface area contributed by atoms with E-state index in [0.717, 1.165) is 45.4 Å². The van der Waals surface area contributed by atoms with E-state index in [1.807, 2.05) is 36.7 Å². The molecule has 0 bridgehead atoms. The highest BCUT2D eigenvalue weighted by Crippen LogP contribution is 2.27. The van der Waals surface area contributed by atoms with Gasteiger partial charge in [0.2, 0.25) is 5.96 Å². The molecule has 0 aliphatic carbocycles. The number of hydrogen-bond acceptors (Lipinski definition) is 5. The monoisotopic (exact) mass is 414 g/mol. The minimum atomic E-state index is -0.787. The summed E-state index contributed by atoms with van der Waals surface area (Å²) in [5, 5.41) is 8.82. The molecule has 0 spiro atoms. The number of aryl methyl sites for hydroxylation is 2. The van der Waals surface area contributed by atoms with Crippen molar-refractivity contribution in [3.05, 3.63) is 72.2 Å². The Morgan fingerprint density at radius 1 is 1.13 bits per heavy atom. The molecule has 1 aliphatic rings. The van der Waals surface area contributed by atoms with Crippen LogP contribution < -0.4 is 21.1 Å². The molecule has 1 atom stereocenters. The van der Waals surface area contributed by atoms with Crippen molar-refractivity contribution in [2.24, 2.45) is 10.7 Å². The maximum absolute atomic E-state index is 6.62. The summed E-state index contributed by atoms with van der Waals surface area (Å²) in [6.45, 7) is 2.05. The molecule has 5 rings (SSSR count). The van der Waals surface area contributed by atoms with Crippen LogP contribution in [0.4, 0.5) is 5.69 Å². The smallest absolute Gasteiger partial charge is 0.202 e. The minimum absolute atomic E-state index is 0.636. The number of aliphatic imine (C=N–C) groups is 1. The number of guanidine groups is 1. The summed E-state index contributed by atoms with van der Waals surface area (Å²) < 4.78 is 5.37. The Kier molecular flexibility index (Phi) is 4.67. The van der Waals surface area contributed by atoms with Crippen molar-refractivity contribution in [1.29, 1.82) is 0 Å². The second-order valence-electron chi connectivity index (χ2n) is 8.03. The molecular formula is C24H26N6O. The van der Waals surface area contributed by atoms with Crippen molar-refractivity contribution in [2.45, 2.75) is 25.4 Å². The lowest BCUT2D eigenvalue weighted by atomic mass is 9.99. The number of fused-ring (bicyclic) bond motifs is 2. The van der Waals surface area contributed by atoms with E-state index in [2.05, 4.69) is 51.8 Å². The number of nitrogens with two attached hydrogens (primary N) is 1. The van der Waals surface area contributed by atoms with E-state index in [9.17, 15) is 0 Å². The van der Waals surface area contributed by atoms with Crippen molar-refractivity contribution < 1.29 is 4.74 Å². The number of ether oxygens (including phenoxy) is 1. The number of aromatic amines is 2. The van der Waals surface area contributed by atoms with Crippen LogP contribution in [0.2, 0.25) is 0 Å². The van der Waals surface area contributed by atoms with Crippen molar-refractivity contribution in [3.8, 4) is 5.75 Å². The van der Waals surface area contributed by atoms with Gasteiger partial charge in [0.15, 0.2) is 0 Å². The number of nitrogens with zero attached hydrogens (tertiary/aromatic N) is 1. The van der Waals surface area contributed by atoms with E-state index in [1.165, 1.54) is 5.56 Å². The fourth-order valence-electron chi connectivity index (χ4n) is 4.06. The maximum atomic E-state index is 6.62. The number of hydrogen-bond donors (Lipinski definition) is 5. The van der Waals surface area contributed by atoms with Crippen molar-refractivity contribution in [1.82, 2.24) is 15.3 Å². The molecule has 1 unspecified atom stereocenters. The summed E-state index contributed by atoms with van der Waals surface area (Å²) in [7, 11) is 1.68. The van der Waals surface area contributed by atoms with E-state index in [1.54, 1.807) is 7.11 Å². The molecular weight excluding hydrogens is 388 g/mol. The third-order valence-electron chi connectivity index (χ3n) is 5.70. The van der Waals surface area contributed by atoms with Gasteiger partial charge < -0.3 is 31.1 Å². The molecule has 0 fully saturated rings. The van der Waals surface area contributed by atoms with Crippen molar-refractivity contribution in [2.75, 3.05) is 12.4 Å². The van der Waals surface area contributed by atoms with E-state index in [-0.39, 0.29) is 0 Å². The molecule has 6 N–H and O–H groups in total. The van der Waals surface area contributed by atoms with Crippen LogP contribution in [0.25, 0.3) is 21.8 Å². The number of aromatic nitrogens is 2. The normalized spacial score (nSPS) is 18.2. The van der Waals surface area contributed by atoms with Crippen molar-refractivity contribution >= 4 is 33.5 Å². The van der Waals surface area contributed by atoms with E-state index in [0.29, 0.717) is 12.4 Å². The van der Waals surface area contributed by atoms with E-state index < -0.39 is 5.66 Å². The minimum Gasteiger partial charge on any atom is -0.497 e. The van der Waals surface area contributed by atoms with Gasteiger partial charge >= 0.3 is 0 Å². The molecule has 2 aromatic heterocycles. The summed E-state index contributed by atoms with van der Waals surface area (Å²) in [5.41, 5.74) is 11.3. The molecule has 0 amide bonds. The Hall–Kier alpha value is -3.71. The summed E-state index contributed by atoms with van der Waals surface area (Å²) in [6.07, 6.45) is 7.27. The summed E-state index contributed by atoms with van der Waals surface area (Å²) in [6, 6.07) is 14.3. The number of anilines is 1. The maximum Gasteiger partial charge on any atom is 0.202 e. The van der Waals surface area contributed by atoms with Crippen LogP contribution in [0.15, 0.2) is 65.9 Å². The Morgan fingerprint density at radius 3 is 2.87 bits per heavy atom. The molecule has 3 heterocycles. The van der Waals surface area contributed by atoms with Crippen LogP contribution >= 0.6 is 0 Å². The third kappa shape index (κ3) is 3.87. The molecule has 2 aromatic carbocycles. The Balaban J connectivity index is 1.33.